The van der Waals surface area contributed by atoms with E-state index in [-0.39, 0.29) is 11.4 Å². The molecule has 0 N–H and O–H groups in total. The van der Waals surface area contributed by atoms with Gasteiger partial charge in [-0.25, -0.2) is 14.2 Å². The summed E-state index contributed by atoms with van der Waals surface area (Å²) in [5, 5.41) is 9.44. The van der Waals surface area contributed by atoms with Crippen LogP contribution in [0.15, 0.2) is 60.9 Å². The summed E-state index contributed by atoms with van der Waals surface area (Å²) in [5.41, 5.74) is 8.76. The van der Waals surface area contributed by atoms with E-state index in [1.807, 2.05) is 11.6 Å². The number of nitrogens with zero attached hydrogens (tertiary/aromatic N) is 4. The number of fused-ring (bicyclic) bond motifs is 1. The molecule has 0 saturated heterocycles. The van der Waals surface area contributed by atoms with E-state index < -0.39 is 0 Å². The van der Waals surface area contributed by atoms with Crippen molar-refractivity contribution in [3.8, 4) is 22.5 Å². The standard InChI is InChI=1S/C31H34N4O2/c1-4-15-31(3)16-14-24-19-32-35(29(24)31)26-11-7-9-23(18-26)22-8-6-10-25(17-22)34-28(21-12-13-21)27(20-33-34)30(36)37-5-2/h6-11,17-21H,4-5,12-16H2,1-3H3. The molecule has 37 heavy (non-hydrogen) atoms. The number of carbonyl (C=O) groups is 1. The molecule has 6 rings (SSSR count). The molecule has 1 saturated carbocycles. The molecule has 0 bridgehead atoms. The third-order valence-electron chi connectivity index (χ3n) is 7.95. The zero-order valence-corrected chi connectivity index (χ0v) is 21.9. The predicted octanol–water partition coefficient (Wildman–Crippen LogP) is 6.78. The monoisotopic (exact) mass is 494 g/mol. The van der Waals surface area contributed by atoms with Crippen LogP contribution in [0.4, 0.5) is 0 Å². The second-order valence-electron chi connectivity index (χ2n) is 10.7. The first-order valence-electron chi connectivity index (χ1n) is 13.6. The van der Waals surface area contributed by atoms with Crippen LogP contribution in [-0.2, 0) is 16.6 Å². The van der Waals surface area contributed by atoms with Crippen LogP contribution in [0.5, 0.6) is 0 Å². The smallest absolute Gasteiger partial charge is 0.341 e. The first-order valence-corrected chi connectivity index (χ1v) is 13.6. The van der Waals surface area contributed by atoms with Gasteiger partial charge in [0.1, 0.15) is 5.56 Å². The Morgan fingerprint density at radius 1 is 1.00 bits per heavy atom. The van der Waals surface area contributed by atoms with E-state index in [1.54, 1.807) is 6.20 Å². The molecule has 2 heterocycles. The van der Waals surface area contributed by atoms with E-state index in [1.165, 1.54) is 30.5 Å². The molecule has 6 nitrogen and oxygen atoms in total. The van der Waals surface area contributed by atoms with E-state index in [0.29, 0.717) is 18.1 Å². The molecule has 1 unspecified atom stereocenters. The van der Waals surface area contributed by atoms with Crippen LogP contribution in [0.3, 0.4) is 0 Å². The Kier molecular flexibility index (Phi) is 5.98. The average molecular weight is 495 g/mol. The van der Waals surface area contributed by atoms with Gasteiger partial charge in [0, 0.05) is 11.3 Å². The summed E-state index contributed by atoms with van der Waals surface area (Å²) >= 11 is 0. The molecule has 2 aromatic heterocycles. The second-order valence-corrected chi connectivity index (χ2v) is 10.7. The van der Waals surface area contributed by atoms with Gasteiger partial charge in [-0.2, -0.15) is 10.2 Å². The topological polar surface area (TPSA) is 61.9 Å². The van der Waals surface area contributed by atoms with Gasteiger partial charge in [-0.15, -0.1) is 0 Å². The molecule has 2 aromatic carbocycles. The highest BCUT2D eigenvalue weighted by molar-refractivity contribution is 5.91. The molecular formula is C31H34N4O2. The van der Waals surface area contributed by atoms with Crippen molar-refractivity contribution in [2.75, 3.05) is 6.61 Å². The maximum absolute atomic E-state index is 12.6. The molecule has 4 aromatic rings. The maximum Gasteiger partial charge on any atom is 0.341 e. The van der Waals surface area contributed by atoms with Gasteiger partial charge in [-0.3, -0.25) is 0 Å². The van der Waals surface area contributed by atoms with Gasteiger partial charge in [0.25, 0.3) is 0 Å². The number of hydrogen-bond acceptors (Lipinski definition) is 4. The number of hydrogen-bond donors (Lipinski definition) is 0. The Bertz CT molecular complexity index is 1460. The van der Waals surface area contributed by atoms with Gasteiger partial charge in [0.05, 0.1) is 41.8 Å². The minimum atomic E-state index is -0.290. The molecule has 0 amide bonds. The number of aromatic nitrogens is 4. The summed E-state index contributed by atoms with van der Waals surface area (Å²) in [6.45, 7) is 6.84. The van der Waals surface area contributed by atoms with Crippen molar-refractivity contribution < 1.29 is 9.53 Å². The molecule has 190 valence electrons. The van der Waals surface area contributed by atoms with Crippen LogP contribution in [-0.4, -0.2) is 32.1 Å². The van der Waals surface area contributed by atoms with Gasteiger partial charge >= 0.3 is 5.97 Å². The number of esters is 1. The number of ether oxygens (including phenoxy) is 1. The summed E-state index contributed by atoms with van der Waals surface area (Å²) in [6.07, 6.45) is 10.5. The molecular weight excluding hydrogens is 460 g/mol. The van der Waals surface area contributed by atoms with Crippen LogP contribution in [0.2, 0.25) is 0 Å². The van der Waals surface area contributed by atoms with Crippen molar-refractivity contribution in [1.29, 1.82) is 0 Å². The van der Waals surface area contributed by atoms with Gasteiger partial charge in [0.2, 0.25) is 0 Å². The number of carbonyl (C=O) groups excluding carboxylic acids is 1. The van der Waals surface area contributed by atoms with Crippen molar-refractivity contribution in [2.24, 2.45) is 0 Å². The fourth-order valence-corrected chi connectivity index (χ4v) is 6.04. The fourth-order valence-electron chi connectivity index (χ4n) is 6.04. The van der Waals surface area contributed by atoms with E-state index >= 15 is 0 Å². The lowest BCUT2D eigenvalue weighted by Crippen LogP contribution is -2.22. The van der Waals surface area contributed by atoms with Crippen molar-refractivity contribution >= 4 is 5.97 Å². The first kappa shape index (κ1) is 23.7. The second kappa shape index (κ2) is 9.33. The fraction of sp³-hybridized carbons (Fsp3) is 0.387. The molecule has 1 atom stereocenters. The predicted molar refractivity (Wildman–Crippen MR) is 145 cm³/mol. The van der Waals surface area contributed by atoms with Gasteiger partial charge in [-0.05, 0) is 80.0 Å². The summed E-state index contributed by atoms with van der Waals surface area (Å²) in [5.74, 6) is 0.0644. The quantitative estimate of drug-likeness (QED) is 0.253. The van der Waals surface area contributed by atoms with Gasteiger partial charge in [-0.1, -0.05) is 44.5 Å². The average Bonchev–Trinajstić information content (AvgIpc) is 3.35. The Hall–Kier alpha value is -3.67. The zero-order valence-electron chi connectivity index (χ0n) is 21.9. The molecule has 0 radical (unpaired) electrons. The maximum atomic E-state index is 12.6. The van der Waals surface area contributed by atoms with Crippen LogP contribution in [0, 0.1) is 0 Å². The lowest BCUT2D eigenvalue weighted by Gasteiger charge is -2.26. The van der Waals surface area contributed by atoms with Crippen LogP contribution in [0.25, 0.3) is 22.5 Å². The summed E-state index contributed by atoms with van der Waals surface area (Å²) in [7, 11) is 0. The van der Waals surface area contributed by atoms with E-state index in [4.69, 9.17) is 9.84 Å². The highest BCUT2D eigenvalue weighted by Gasteiger charge is 2.38. The minimum absolute atomic E-state index is 0.173. The Balaban J connectivity index is 1.37. The van der Waals surface area contributed by atoms with Gasteiger partial charge in [0.15, 0.2) is 0 Å². The SMILES string of the molecule is CCCC1(C)CCc2cnn(-c3cccc(-c4cccc(-n5ncc(C(=O)OCC)c5C5CC5)c4)c3)c21. The molecule has 2 aliphatic carbocycles. The lowest BCUT2D eigenvalue weighted by atomic mass is 9.83. The number of benzene rings is 2. The van der Waals surface area contributed by atoms with Crippen molar-refractivity contribution in [2.45, 2.75) is 70.6 Å². The van der Waals surface area contributed by atoms with Crippen molar-refractivity contribution in [1.82, 2.24) is 19.6 Å². The summed E-state index contributed by atoms with van der Waals surface area (Å²) in [6, 6.07) is 17.0. The van der Waals surface area contributed by atoms with Crippen LogP contribution >= 0.6 is 0 Å². The minimum Gasteiger partial charge on any atom is -0.462 e. The Morgan fingerprint density at radius 2 is 1.68 bits per heavy atom. The summed E-state index contributed by atoms with van der Waals surface area (Å²) < 4.78 is 9.39. The molecule has 6 heteroatoms. The highest BCUT2D eigenvalue weighted by Crippen LogP contribution is 2.44. The number of aryl methyl sites for hydroxylation is 1. The third-order valence-corrected chi connectivity index (χ3v) is 7.95. The zero-order chi connectivity index (χ0) is 25.6. The van der Waals surface area contributed by atoms with E-state index in [0.717, 1.165) is 47.5 Å². The van der Waals surface area contributed by atoms with Crippen molar-refractivity contribution in [3.63, 3.8) is 0 Å². The van der Waals surface area contributed by atoms with Crippen LogP contribution < -0.4 is 0 Å². The Morgan fingerprint density at radius 3 is 2.32 bits per heavy atom. The number of rotatable bonds is 8. The normalized spacial score (nSPS) is 18.7. The molecule has 1 fully saturated rings. The third kappa shape index (κ3) is 4.18. The Labute approximate surface area is 218 Å². The van der Waals surface area contributed by atoms with E-state index in [2.05, 4.69) is 78.4 Å². The first-order chi connectivity index (χ1) is 18.0. The van der Waals surface area contributed by atoms with E-state index in [9.17, 15) is 4.79 Å². The molecule has 0 spiro atoms. The molecule has 2 aliphatic rings. The highest BCUT2D eigenvalue weighted by atomic mass is 16.5. The lowest BCUT2D eigenvalue weighted by molar-refractivity contribution is 0.0525. The summed E-state index contributed by atoms with van der Waals surface area (Å²) in [4.78, 5) is 12.6. The largest absolute Gasteiger partial charge is 0.462 e. The van der Waals surface area contributed by atoms with Crippen LogP contribution in [0.1, 0.15) is 86.1 Å². The molecule has 0 aliphatic heterocycles. The van der Waals surface area contributed by atoms with Gasteiger partial charge < -0.3 is 4.74 Å². The van der Waals surface area contributed by atoms with Crippen molar-refractivity contribution in [3.05, 3.63) is 83.4 Å².